The SMILES string of the molecule is CC(C)[C@H](NC(=O)c1c(F)cccc1F)C(=O)NCc1cn2cc(Br)ccc2n1. The summed E-state index contributed by atoms with van der Waals surface area (Å²) < 4.78 is 30.4. The first-order valence-electron chi connectivity index (χ1n) is 8.92. The van der Waals surface area contributed by atoms with Crippen LogP contribution in [0.4, 0.5) is 8.78 Å². The summed E-state index contributed by atoms with van der Waals surface area (Å²) in [5.41, 5.74) is 0.642. The Balaban J connectivity index is 1.69. The van der Waals surface area contributed by atoms with Crippen LogP contribution in [0.3, 0.4) is 0 Å². The van der Waals surface area contributed by atoms with E-state index in [2.05, 4.69) is 31.5 Å². The number of halogens is 3. The lowest BCUT2D eigenvalue weighted by Crippen LogP contribution is -2.49. The number of hydrogen-bond donors (Lipinski definition) is 2. The van der Waals surface area contributed by atoms with Crippen LogP contribution >= 0.6 is 15.9 Å². The smallest absolute Gasteiger partial charge is 0.257 e. The summed E-state index contributed by atoms with van der Waals surface area (Å²) >= 11 is 3.38. The number of nitrogens with zero attached hydrogens (tertiary/aromatic N) is 2. The molecule has 1 atom stereocenters. The van der Waals surface area contributed by atoms with Crippen molar-refractivity contribution >= 4 is 33.4 Å². The van der Waals surface area contributed by atoms with Gasteiger partial charge in [-0.3, -0.25) is 9.59 Å². The van der Waals surface area contributed by atoms with E-state index >= 15 is 0 Å². The quantitative estimate of drug-likeness (QED) is 0.586. The molecule has 9 heteroatoms. The number of amides is 2. The number of aromatic nitrogens is 2. The van der Waals surface area contributed by atoms with E-state index in [-0.39, 0.29) is 12.5 Å². The summed E-state index contributed by atoms with van der Waals surface area (Å²) in [5.74, 6) is -3.72. The molecule has 2 heterocycles. The molecule has 2 N–H and O–H groups in total. The van der Waals surface area contributed by atoms with Crippen LogP contribution in [0.25, 0.3) is 5.65 Å². The molecule has 0 saturated carbocycles. The summed E-state index contributed by atoms with van der Waals surface area (Å²) in [7, 11) is 0. The highest BCUT2D eigenvalue weighted by molar-refractivity contribution is 9.10. The van der Waals surface area contributed by atoms with Crippen molar-refractivity contribution in [3.05, 3.63) is 70.1 Å². The van der Waals surface area contributed by atoms with Gasteiger partial charge in [0.25, 0.3) is 5.91 Å². The minimum atomic E-state index is -0.985. The second kappa shape index (κ2) is 8.69. The molecule has 0 fully saturated rings. The van der Waals surface area contributed by atoms with Gasteiger partial charge >= 0.3 is 0 Å². The molecule has 0 aliphatic heterocycles. The summed E-state index contributed by atoms with van der Waals surface area (Å²) in [6.07, 6.45) is 3.62. The van der Waals surface area contributed by atoms with E-state index in [4.69, 9.17) is 0 Å². The van der Waals surface area contributed by atoms with Crippen molar-refractivity contribution in [2.24, 2.45) is 5.92 Å². The molecule has 2 aromatic heterocycles. The highest BCUT2D eigenvalue weighted by Crippen LogP contribution is 2.14. The van der Waals surface area contributed by atoms with Crippen molar-refractivity contribution in [2.75, 3.05) is 0 Å². The lowest BCUT2D eigenvalue weighted by Gasteiger charge is -2.21. The molecule has 3 aromatic rings. The molecule has 0 saturated heterocycles. The molecule has 6 nitrogen and oxygen atoms in total. The average Bonchev–Trinajstić information content (AvgIpc) is 3.05. The second-order valence-corrected chi connectivity index (χ2v) is 7.77. The molecule has 0 spiro atoms. The Kier molecular flexibility index (Phi) is 6.26. The molecule has 29 heavy (non-hydrogen) atoms. The van der Waals surface area contributed by atoms with Gasteiger partial charge in [0.15, 0.2) is 0 Å². The largest absolute Gasteiger partial charge is 0.349 e. The Bertz CT molecular complexity index is 1050. The fourth-order valence-corrected chi connectivity index (χ4v) is 3.21. The van der Waals surface area contributed by atoms with Crippen molar-refractivity contribution in [1.29, 1.82) is 0 Å². The van der Waals surface area contributed by atoms with Gasteiger partial charge < -0.3 is 15.0 Å². The molecular weight excluding hydrogens is 446 g/mol. The summed E-state index contributed by atoms with van der Waals surface area (Å²) in [6, 6.07) is 5.87. The lowest BCUT2D eigenvalue weighted by atomic mass is 10.0. The predicted octanol–water partition coefficient (Wildman–Crippen LogP) is 3.45. The summed E-state index contributed by atoms with van der Waals surface area (Å²) in [4.78, 5) is 29.3. The fourth-order valence-electron chi connectivity index (χ4n) is 2.85. The number of benzene rings is 1. The Morgan fingerprint density at radius 3 is 2.48 bits per heavy atom. The number of carbonyl (C=O) groups is 2. The summed E-state index contributed by atoms with van der Waals surface area (Å²) in [6.45, 7) is 3.60. The maximum Gasteiger partial charge on any atom is 0.257 e. The average molecular weight is 465 g/mol. The fraction of sp³-hybridized carbons (Fsp3) is 0.250. The first-order chi connectivity index (χ1) is 13.8. The number of hydrogen-bond acceptors (Lipinski definition) is 3. The maximum absolute atomic E-state index is 13.8. The Morgan fingerprint density at radius 2 is 1.83 bits per heavy atom. The number of imidazole rings is 1. The molecule has 2 amide bonds. The molecule has 0 bridgehead atoms. The molecule has 0 unspecified atom stereocenters. The van der Waals surface area contributed by atoms with Crippen LogP contribution in [0.5, 0.6) is 0 Å². The van der Waals surface area contributed by atoms with E-state index < -0.39 is 35.1 Å². The van der Waals surface area contributed by atoms with E-state index in [1.165, 1.54) is 6.07 Å². The van der Waals surface area contributed by atoms with Crippen molar-refractivity contribution in [1.82, 2.24) is 20.0 Å². The van der Waals surface area contributed by atoms with Gasteiger partial charge in [0.05, 0.1) is 12.2 Å². The highest BCUT2D eigenvalue weighted by Gasteiger charge is 2.27. The number of nitrogens with one attached hydrogen (secondary N) is 2. The molecule has 0 radical (unpaired) electrons. The highest BCUT2D eigenvalue weighted by atomic mass is 79.9. The predicted molar refractivity (Wildman–Crippen MR) is 107 cm³/mol. The monoisotopic (exact) mass is 464 g/mol. The zero-order chi connectivity index (χ0) is 21.1. The van der Waals surface area contributed by atoms with E-state index in [0.717, 1.165) is 22.3 Å². The van der Waals surface area contributed by atoms with Crippen LogP contribution in [0.1, 0.15) is 29.9 Å². The van der Waals surface area contributed by atoms with Gasteiger partial charge in [-0.2, -0.15) is 0 Å². The third-order valence-corrected chi connectivity index (χ3v) is 4.80. The minimum absolute atomic E-state index is 0.144. The van der Waals surface area contributed by atoms with Crippen molar-refractivity contribution < 1.29 is 18.4 Å². The third-order valence-electron chi connectivity index (χ3n) is 4.33. The van der Waals surface area contributed by atoms with Gasteiger partial charge in [0.2, 0.25) is 5.91 Å². The standard InChI is InChI=1S/C20H19BrF2N4O2/c1-11(2)18(26-19(28)17-14(22)4-3-5-15(17)23)20(29)24-8-13-10-27-9-12(21)6-7-16(27)25-13/h3-7,9-11,18H,8H2,1-2H3,(H,24,29)(H,26,28)/t18-/m0/s1. The van der Waals surface area contributed by atoms with Crippen molar-refractivity contribution in [3.63, 3.8) is 0 Å². The van der Waals surface area contributed by atoms with Crippen molar-refractivity contribution in [2.45, 2.75) is 26.4 Å². The van der Waals surface area contributed by atoms with E-state index in [1.807, 2.05) is 22.7 Å². The summed E-state index contributed by atoms with van der Waals surface area (Å²) in [5, 5.41) is 5.14. The molecular formula is C20H19BrF2N4O2. The van der Waals surface area contributed by atoms with Crippen LogP contribution in [0.2, 0.25) is 0 Å². The van der Waals surface area contributed by atoms with E-state index in [9.17, 15) is 18.4 Å². The number of carbonyl (C=O) groups excluding carboxylic acids is 2. The number of pyridine rings is 1. The third kappa shape index (κ3) is 4.79. The normalized spacial score (nSPS) is 12.2. The number of fused-ring (bicyclic) bond motifs is 1. The zero-order valence-electron chi connectivity index (χ0n) is 15.7. The van der Waals surface area contributed by atoms with Gasteiger partial charge in [-0.25, -0.2) is 13.8 Å². The topological polar surface area (TPSA) is 75.5 Å². The van der Waals surface area contributed by atoms with Gasteiger partial charge in [-0.05, 0) is 46.1 Å². The molecule has 0 aliphatic carbocycles. The minimum Gasteiger partial charge on any atom is -0.349 e. The Hall–Kier alpha value is -2.81. The zero-order valence-corrected chi connectivity index (χ0v) is 17.3. The van der Waals surface area contributed by atoms with Crippen LogP contribution in [0, 0.1) is 17.6 Å². The van der Waals surface area contributed by atoms with Crippen LogP contribution in [-0.4, -0.2) is 27.2 Å². The second-order valence-electron chi connectivity index (χ2n) is 6.85. The van der Waals surface area contributed by atoms with Gasteiger partial charge in [-0.15, -0.1) is 0 Å². The Morgan fingerprint density at radius 1 is 1.14 bits per heavy atom. The molecule has 0 aliphatic rings. The molecule has 1 aromatic carbocycles. The maximum atomic E-state index is 13.8. The Labute approximate surface area is 174 Å². The van der Waals surface area contributed by atoms with Gasteiger partial charge in [-0.1, -0.05) is 19.9 Å². The van der Waals surface area contributed by atoms with Crippen LogP contribution in [0.15, 0.2) is 47.2 Å². The van der Waals surface area contributed by atoms with Crippen LogP contribution < -0.4 is 10.6 Å². The van der Waals surface area contributed by atoms with Gasteiger partial charge in [0, 0.05) is 16.9 Å². The molecule has 152 valence electrons. The first-order valence-corrected chi connectivity index (χ1v) is 9.71. The van der Waals surface area contributed by atoms with E-state index in [1.54, 1.807) is 20.0 Å². The first kappa shape index (κ1) is 20.9. The van der Waals surface area contributed by atoms with Gasteiger partial charge in [0.1, 0.15) is 28.9 Å². The van der Waals surface area contributed by atoms with E-state index in [0.29, 0.717) is 5.69 Å². The number of rotatable bonds is 6. The van der Waals surface area contributed by atoms with Crippen LogP contribution in [-0.2, 0) is 11.3 Å². The van der Waals surface area contributed by atoms with Crippen molar-refractivity contribution in [3.8, 4) is 0 Å². The molecule has 3 rings (SSSR count). The lowest BCUT2D eigenvalue weighted by molar-refractivity contribution is -0.124.